The van der Waals surface area contributed by atoms with Crippen LogP contribution in [0.2, 0.25) is 0 Å². The molecule has 2 fully saturated rings. The fraction of sp³-hybridized carbons (Fsp3) is 0.450. The molecule has 1 saturated heterocycles. The van der Waals surface area contributed by atoms with Crippen LogP contribution in [-0.4, -0.2) is 60.5 Å². The molecule has 148 valence electrons. The van der Waals surface area contributed by atoms with Gasteiger partial charge in [-0.2, -0.15) is 0 Å². The average molecular weight is 401 g/mol. The molecule has 1 aromatic carbocycles. The number of amides is 3. The standard InChI is InChI=1S/C20H23N3O4S/c1-2-27-19(25)17-12-14-11-15(5-6-16(14)28-17)21-20(26)23-9-7-22(8-10-23)18(24)13-3-4-13/h5-6,11-13H,2-4,7-10H2,1H3,(H,21,26). The van der Waals surface area contributed by atoms with Gasteiger partial charge in [-0.05, 0) is 49.4 Å². The molecular weight excluding hydrogens is 378 g/mol. The van der Waals surface area contributed by atoms with E-state index in [1.165, 1.54) is 11.3 Å². The van der Waals surface area contributed by atoms with Gasteiger partial charge in [-0.1, -0.05) is 0 Å². The van der Waals surface area contributed by atoms with Crippen LogP contribution < -0.4 is 5.32 Å². The van der Waals surface area contributed by atoms with E-state index in [0.29, 0.717) is 43.4 Å². The summed E-state index contributed by atoms with van der Waals surface area (Å²) in [6.45, 7) is 4.38. The fourth-order valence-electron chi connectivity index (χ4n) is 3.34. The van der Waals surface area contributed by atoms with Gasteiger partial charge in [-0.3, -0.25) is 4.79 Å². The first-order valence-corrected chi connectivity index (χ1v) is 10.4. The molecule has 2 aliphatic rings. The molecule has 1 aliphatic heterocycles. The lowest BCUT2D eigenvalue weighted by molar-refractivity contribution is -0.133. The summed E-state index contributed by atoms with van der Waals surface area (Å²) in [5, 5.41) is 3.81. The van der Waals surface area contributed by atoms with Crippen molar-refractivity contribution in [2.45, 2.75) is 19.8 Å². The van der Waals surface area contributed by atoms with Crippen LogP contribution >= 0.6 is 11.3 Å². The fourth-order valence-corrected chi connectivity index (χ4v) is 4.28. The lowest BCUT2D eigenvalue weighted by Gasteiger charge is -2.34. The summed E-state index contributed by atoms with van der Waals surface area (Å²) >= 11 is 1.38. The Morgan fingerprint density at radius 3 is 2.50 bits per heavy atom. The Bertz CT molecular complexity index is 913. The van der Waals surface area contributed by atoms with Gasteiger partial charge >= 0.3 is 12.0 Å². The number of piperazine rings is 1. The molecule has 8 heteroatoms. The van der Waals surface area contributed by atoms with E-state index in [0.717, 1.165) is 22.9 Å². The molecule has 1 saturated carbocycles. The lowest BCUT2D eigenvalue weighted by atomic mass is 10.2. The summed E-state index contributed by atoms with van der Waals surface area (Å²) in [7, 11) is 0. The van der Waals surface area contributed by atoms with Crippen LogP contribution in [0.4, 0.5) is 10.5 Å². The van der Waals surface area contributed by atoms with E-state index in [1.54, 1.807) is 17.9 Å². The van der Waals surface area contributed by atoms with Gasteiger partial charge in [-0.25, -0.2) is 9.59 Å². The van der Waals surface area contributed by atoms with Gasteiger partial charge in [0.25, 0.3) is 0 Å². The molecule has 28 heavy (non-hydrogen) atoms. The second-order valence-electron chi connectivity index (χ2n) is 7.10. The van der Waals surface area contributed by atoms with Gasteiger partial charge in [-0.15, -0.1) is 11.3 Å². The number of esters is 1. The van der Waals surface area contributed by atoms with Crippen molar-refractivity contribution in [1.82, 2.24) is 9.80 Å². The number of rotatable bonds is 4. The van der Waals surface area contributed by atoms with Crippen LogP contribution in [0.15, 0.2) is 24.3 Å². The summed E-state index contributed by atoms with van der Waals surface area (Å²) in [4.78, 5) is 40.7. The maximum atomic E-state index is 12.6. The molecule has 2 heterocycles. The quantitative estimate of drug-likeness (QED) is 0.798. The molecule has 0 spiro atoms. The first-order valence-electron chi connectivity index (χ1n) is 9.60. The second-order valence-corrected chi connectivity index (χ2v) is 8.18. The van der Waals surface area contributed by atoms with Crippen LogP contribution in [0.1, 0.15) is 29.4 Å². The Labute approximate surface area is 167 Å². The number of thiophene rings is 1. The molecule has 1 aliphatic carbocycles. The molecule has 2 aromatic rings. The maximum Gasteiger partial charge on any atom is 0.348 e. The number of nitrogens with zero attached hydrogens (tertiary/aromatic N) is 2. The smallest absolute Gasteiger partial charge is 0.348 e. The highest BCUT2D eigenvalue weighted by molar-refractivity contribution is 7.20. The SMILES string of the molecule is CCOC(=O)c1cc2cc(NC(=O)N3CCN(C(=O)C4CC4)CC3)ccc2s1. The van der Waals surface area contributed by atoms with Gasteiger partial charge in [0.1, 0.15) is 4.88 Å². The van der Waals surface area contributed by atoms with Crippen LogP contribution in [0.5, 0.6) is 0 Å². The Morgan fingerprint density at radius 1 is 1.11 bits per heavy atom. The second kappa shape index (κ2) is 7.79. The van der Waals surface area contributed by atoms with Crippen molar-refractivity contribution in [2.24, 2.45) is 5.92 Å². The van der Waals surface area contributed by atoms with E-state index < -0.39 is 0 Å². The largest absolute Gasteiger partial charge is 0.462 e. The number of urea groups is 1. The molecule has 1 aromatic heterocycles. The Balaban J connectivity index is 1.37. The first-order chi connectivity index (χ1) is 13.5. The average Bonchev–Trinajstić information content (AvgIpc) is 3.46. The van der Waals surface area contributed by atoms with Crippen LogP contribution in [0, 0.1) is 5.92 Å². The minimum Gasteiger partial charge on any atom is -0.462 e. The number of hydrogen-bond donors (Lipinski definition) is 1. The number of anilines is 1. The summed E-state index contributed by atoms with van der Waals surface area (Å²) in [6, 6.07) is 7.21. The number of hydrogen-bond acceptors (Lipinski definition) is 5. The minimum atomic E-state index is -0.326. The van der Waals surface area contributed by atoms with Crippen molar-refractivity contribution in [1.29, 1.82) is 0 Å². The Kier molecular flexibility index (Phi) is 5.21. The predicted octanol–water partition coefficient (Wildman–Crippen LogP) is 3.16. The summed E-state index contributed by atoms with van der Waals surface area (Å²) < 4.78 is 6.01. The van der Waals surface area contributed by atoms with E-state index >= 15 is 0 Å². The highest BCUT2D eigenvalue weighted by Crippen LogP contribution is 2.31. The van der Waals surface area contributed by atoms with Gasteiger partial charge in [0.15, 0.2) is 0 Å². The number of nitrogens with one attached hydrogen (secondary N) is 1. The van der Waals surface area contributed by atoms with E-state index in [9.17, 15) is 14.4 Å². The number of carbonyl (C=O) groups excluding carboxylic acids is 3. The molecule has 0 bridgehead atoms. The van der Waals surface area contributed by atoms with Crippen molar-refractivity contribution < 1.29 is 19.1 Å². The minimum absolute atomic E-state index is 0.168. The van der Waals surface area contributed by atoms with Crippen molar-refractivity contribution >= 4 is 45.0 Å². The molecule has 0 radical (unpaired) electrons. The third-order valence-electron chi connectivity index (χ3n) is 5.05. The summed E-state index contributed by atoms with van der Waals surface area (Å²) in [5.74, 6) is 0.130. The van der Waals surface area contributed by atoms with Crippen molar-refractivity contribution in [3.05, 3.63) is 29.1 Å². The van der Waals surface area contributed by atoms with Crippen molar-refractivity contribution in [2.75, 3.05) is 38.1 Å². The van der Waals surface area contributed by atoms with Gasteiger partial charge in [0, 0.05) is 42.5 Å². The molecule has 0 atom stereocenters. The highest BCUT2D eigenvalue weighted by Gasteiger charge is 2.35. The van der Waals surface area contributed by atoms with E-state index in [-0.39, 0.29) is 23.8 Å². The van der Waals surface area contributed by atoms with Gasteiger partial charge in [0.05, 0.1) is 6.61 Å². The molecule has 4 rings (SSSR count). The molecule has 3 amide bonds. The number of ether oxygens (including phenoxy) is 1. The number of carbonyl (C=O) groups is 3. The van der Waals surface area contributed by atoms with Crippen LogP contribution in [0.25, 0.3) is 10.1 Å². The van der Waals surface area contributed by atoms with E-state index in [2.05, 4.69) is 5.32 Å². The van der Waals surface area contributed by atoms with Crippen LogP contribution in [0.3, 0.4) is 0 Å². The van der Waals surface area contributed by atoms with Gasteiger partial charge in [0.2, 0.25) is 5.91 Å². The lowest BCUT2D eigenvalue weighted by Crippen LogP contribution is -2.52. The monoisotopic (exact) mass is 401 g/mol. The zero-order chi connectivity index (χ0) is 19.7. The van der Waals surface area contributed by atoms with Crippen LogP contribution in [-0.2, 0) is 9.53 Å². The topological polar surface area (TPSA) is 79.0 Å². The maximum absolute atomic E-state index is 12.6. The molecule has 1 N–H and O–H groups in total. The van der Waals surface area contributed by atoms with E-state index in [1.807, 2.05) is 23.1 Å². The number of fused-ring (bicyclic) bond motifs is 1. The van der Waals surface area contributed by atoms with Crippen molar-refractivity contribution in [3.63, 3.8) is 0 Å². The number of benzene rings is 1. The molecule has 7 nitrogen and oxygen atoms in total. The normalized spacial score (nSPS) is 16.9. The Hall–Kier alpha value is -2.61. The molecular formula is C20H23N3O4S. The van der Waals surface area contributed by atoms with E-state index in [4.69, 9.17) is 4.74 Å². The third-order valence-corrected chi connectivity index (χ3v) is 6.15. The summed E-state index contributed by atoms with van der Waals surface area (Å²) in [6.07, 6.45) is 2.00. The third kappa shape index (κ3) is 3.96. The Morgan fingerprint density at radius 2 is 1.82 bits per heavy atom. The van der Waals surface area contributed by atoms with Gasteiger partial charge < -0.3 is 19.9 Å². The zero-order valence-electron chi connectivity index (χ0n) is 15.8. The molecule has 0 unspecified atom stereocenters. The van der Waals surface area contributed by atoms with Crippen molar-refractivity contribution in [3.8, 4) is 0 Å². The zero-order valence-corrected chi connectivity index (χ0v) is 16.6. The predicted molar refractivity (Wildman–Crippen MR) is 108 cm³/mol. The summed E-state index contributed by atoms with van der Waals surface area (Å²) in [5.41, 5.74) is 0.683. The highest BCUT2D eigenvalue weighted by atomic mass is 32.1. The first kappa shape index (κ1) is 18.7.